The number of amides is 1. The van der Waals surface area contributed by atoms with Gasteiger partial charge in [0, 0.05) is 43.7 Å². The van der Waals surface area contributed by atoms with Crippen LogP contribution in [-0.4, -0.2) is 57.0 Å². The minimum absolute atomic E-state index is 0.194. The second-order valence-corrected chi connectivity index (χ2v) is 8.78. The lowest BCUT2D eigenvalue weighted by molar-refractivity contribution is -0.130. The number of aryl methyl sites for hydroxylation is 1. The van der Waals surface area contributed by atoms with E-state index in [0.717, 1.165) is 44.2 Å². The number of carbonyl (C=O) groups excluding carboxylic acids is 1. The first-order valence-corrected chi connectivity index (χ1v) is 11.5. The van der Waals surface area contributed by atoms with Crippen LogP contribution in [-0.2, 0) is 16.1 Å². The molecule has 1 fully saturated rings. The summed E-state index contributed by atoms with van der Waals surface area (Å²) in [5.41, 5.74) is 3.65. The molecule has 1 heterocycles. The molecule has 2 aromatic rings. The molecule has 0 N–H and O–H groups in total. The lowest BCUT2D eigenvalue weighted by atomic mass is 10.1. The number of morpholine rings is 1. The lowest BCUT2D eigenvalue weighted by Crippen LogP contribution is -2.37. The zero-order valence-electron chi connectivity index (χ0n) is 18.2. The molecule has 1 saturated heterocycles. The van der Waals surface area contributed by atoms with Crippen molar-refractivity contribution in [2.75, 3.05) is 51.1 Å². The summed E-state index contributed by atoms with van der Waals surface area (Å²) in [5.74, 6) is 1.98. The summed E-state index contributed by atoms with van der Waals surface area (Å²) in [4.78, 5) is 18.1. The van der Waals surface area contributed by atoms with Crippen molar-refractivity contribution in [3.63, 3.8) is 0 Å². The topological polar surface area (TPSA) is 42.0 Å². The number of ether oxygens (including phenoxy) is 2. The predicted molar refractivity (Wildman–Crippen MR) is 124 cm³/mol. The fourth-order valence-electron chi connectivity index (χ4n) is 3.57. The Hall–Kier alpha value is -2.18. The van der Waals surface area contributed by atoms with Crippen LogP contribution >= 0.6 is 11.8 Å². The molecule has 2 aromatic carbocycles. The normalized spacial score (nSPS) is 13.9. The molecule has 0 unspecified atom stereocenters. The Kier molecular flexibility index (Phi) is 8.46. The second kappa shape index (κ2) is 11.3. The van der Waals surface area contributed by atoms with E-state index in [2.05, 4.69) is 42.2 Å². The molecule has 162 valence electrons. The lowest BCUT2D eigenvalue weighted by Gasteiger charge is -2.31. The predicted octanol–water partition coefficient (Wildman–Crippen LogP) is 4.37. The van der Waals surface area contributed by atoms with Gasteiger partial charge in [-0.2, -0.15) is 0 Å². The van der Waals surface area contributed by atoms with E-state index in [-0.39, 0.29) is 5.91 Å². The van der Waals surface area contributed by atoms with E-state index < -0.39 is 0 Å². The van der Waals surface area contributed by atoms with Crippen LogP contribution in [0.25, 0.3) is 0 Å². The maximum atomic E-state index is 12.7. The monoisotopic (exact) mass is 428 g/mol. The molecule has 1 aliphatic rings. The highest BCUT2D eigenvalue weighted by atomic mass is 32.2. The fraction of sp³-hybridized carbons (Fsp3) is 0.458. The Morgan fingerprint density at radius 2 is 1.90 bits per heavy atom. The van der Waals surface area contributed by atoms with E-state index in [1.165, 1.54) is 21.7 Å². The molecule has 1 amide bonds. The number of thioether (sulfide) groups is 1. The molecule has 0 aliphatic carbocycles. The van der Waals surface area contributed by atoms with Gasteiger partial charge in [0.1, 0.15) is 5.75 Å². The zero-order chi connectivity index (χ0) is 21.3. The Morgan fingerprint density at radius 1 is 1.17 bits per heavy atom. The van der Waals surface area contributed by atoms with Crippen molar-refractivity contribution >= 4 is 23.4 Å². The second-order valence-electron chi connectivity index (χ2n) is 7.61. The summed E-state index contributed by atoms with van der Waals surface area (Å²) in [6.45, 7) is 6.05. The quantitative estimate of drug-likeness (QED) is 0.438. The molecule has 1 aliphatic heterocycles. The Labute approximate surface area is 184 Å². The van der Waals surface area contributed by atoms with Crippen LogP contribution in [0.5, 0.6) is 5.75 Å². The van der Waals surface area contributed by atoms with Crippen molar-refractivity contribution in [1.29, 1.82) is 0 Å². The number of nitrogens with zero attached hydrogens (tertiary/aromatic N) is 2. The number of rotatable bonds is 9. The van der Waals surface area contributed by atoms with E-state index in [4.69, 9.17) is 9.47 Å². The first-order valence-electron chi connectivity index (χ1n) is 10.5. The smallest absolute Gasteiger partial charge is 0.222 e. The first-order chi connectivity index (χ1) is 14.6. The van der Waals surface area contributed by atoms with Crippen LogP contribution in [0.2, 0.25) is 0 Å². The molecular weight excluding hydrogens is 396 g/mol. The number of anilines is 1. The molecule has 0 saturated carbocycles. The van der Waals surface area contributed by atoms with E-state index in [1.54, 1.807) is 18.9 Å². The van der Waals surface area contributed by atoms with Gasteiger partial charge in [-0.05, 0) is 55.0 Å². The number of hydrogen-bond donors (Lipinski definition) is 0. The van der Waals surface area contributed by atoms with Crippen molar-refractivity contribution in [1.82, 2.24) is 4.90 Å². The van der Waals surface area contributed by atoms with Gasteiger partial charge in [-0.15, -0.1) is 11.8 Å². The van der Waals surface area contributed by atoms with Crippen molar-refractivity contribution < 1.29 is 14.3 Å². The van der Waals surface area contributed by atoms with Crippen LogP contribution in [0, 0.1) is 6.92 Å². The largest absolute Gasteiger partial charge is 0.497 e. The molecule has 6 heteroatoms. The van der Waals surface area contributed by atoms with Crippen LogP contribution in [0.15, 0.2) is 47.4 Å². The highest BCUT2D eigenvalue weighted by Gasteiger charge is 2.17. The average molecular weight is 429 g/mol. The molecule has 0 spiro atoms. The zero-order valence-corrected chi connectivity index (χ0v) is 19.0. The summed E-state index contributed by atoms with van der Waals surface area (Å²) in [6, 6.07) is 14.6. The highest BCUT2D eigenvalue weighted by Crippen LogP contribution is 2.25. The standard InChI is InChI=1S/C24H32N2O3S/c1-19-6-11-23(26-12-14-29-15-13-26)20(17-19)18-25(2)24(27)5-4-16-30-22-9-7-21(28-3)8-10-22/h6-11,17H,4-5,12-16,18H2,1-3H3. The summed E-state index contributed by atoms with van der Waals surface area (Å²) < 4.78 is 10.7. The molecule has 0 atom stereocenters. The van der Waals surface area contributed by atoms with Crippen molar-refractivity contribution in [2.24, 2.45) is 0 Å². The van der Waals surface area contributed by atoms with Gasteiger partial charge in [0.2, 0.25) is 5.91 Å². The third kappa shape index (κ3) is 6.41. The summed E-state index contributed by atoms with van der Waals surface area (Å²) in [6.07, 6.45) is 1.43. The van der Waals surface area contributed by atoms with Crippen molar-refractivity contribution in [2.45, 2.75) is 31.2 Å². The van der Waals surface area contributed by atoms with Gasteiger partial charge in [-0.25, -0.2) is 0 Å². The molecular formula is C24H32N2O3S. The van der Waals surface area contributed by atoms with Crippen LogP contribution in [0.4, 0.5) is 5.69 Å². The maximum absolute atomic E-state index is 12.7. The van der Waals surface area contributed by atoms with Crippen LogP contribution in [0.3, 0.4) is 0 Å². The van der Waals surface area contributed by atoms with Gasteiger partial charge in [0.25, 0.3) is 0 Å². The summed E-state index contributed by atoms with van der Waals surface area (Å²) in [7, 11) is 3.58. The van der Waals surface area contributed by atoms with Crippen LogP contribution < -0.4 is 9.64 Å². The van der Waals surface area contributed by atoms with E-state index in [9.17, 15) is 4.79 Å². The Morgan fingerprint density at radius 3 is 2.60 bits per heavy atom. The number of carbonyl (C=O) groups is 1. The fourth-order valence-corrected chi connectivity index (χ4v) is 4.43. The summed E-state index contributed by atoms with van der Waals surface area (Å²) in [5, 5.41) is 0. The SMILES string of the molecule is COc1ccc(SCCCC(=O)N(C)Cc2cc(C)ccc2N2CCOCC2)cc1. The van der Waals surface area contributed by atoms with Gasteiger partial charge in [0.05, 0.1) is 20.3 Å². The van der Waals surface area contributed by atoms with Gasteiger partial charge < -0.3 is 19.3 Å². The molecule has 0 bridgehead atoms. The molecule has 0 aromatic heterocycles. The van der Waals surface area contributed by atoms with Gasteiger partial charge in [-0.3, -0.25) is 4.79 Å². The molecule has 30 heavy (non-hydrogen) atoms. The minimum atomic E-state index is 0.194. The van der Waals surface area contributed by atoms with Crippen molar-refractivity contribution in [3.05, 3.63) is 53.6 Å². The average Bonchev–Trinajstić information content (AvgIpc) is 2.77. The van der Waals surface area contributed by atoms with Gasteiger partial charge in [-0.1, -0.05) is 17.7 Å². The van der Waals surface area contributed by atoms with E-state index in [0.29, 0.717) is 13.0 Å². The number of benzene rings is 2. The molecule has 5 nitrogen and oxygen atoms in total. The van der Waals surface area contributed by atoms with E-state index >= 15 is 0 Å². The number of methoxy groups -OCH3 is 1. The molecule has 0 radical (unpaired) electrons. The third-order valence-corrected chi connectivity index (χ3v) is 6.38. The Bertz CT molecular complexity index is 820. The maximum Gasteiger partial charge on any atom is 0.222 e. The third-order valence-electron chi connectivity index (χ3n) is 5.28. The molecule has 3 rings (SSSR count). The van der Waals surface area contributed by atoms with Crippen molar-refractivity contribution in [3.8, 4) is 5.75 Å². The van der Waals surface area contributed by atoms with Gasteiger partial charge >= 0.3 is 0 Å². The first kappa shape index (κ1) is 22.5. The highest BCUT2D eigenvalue weighted by molar-refractivity contribution is 7.99. The number of hydrogen-bond acceptors (Lipinski definition) is 5. The van der Waals surface area contributed by atoms with Crippen LogP contribution in [0.1, 0.15) is 24.0 Å². The Balaban J connectivity index is 1.49. The van der Waals surface area contributed by atoms with E-state index in [1.807, 2.05) is 24.1 Å². The summed E-state index contributed by atoms with van der Waals surface area (Å²) >= 11 is 1.78. The minimum Gasteiger partial charge on any atom is -0.497 e. The van der Waals surface area contributed by atoms with Gasteiger partial charge in [0.15, 0.2) is 0 Å².